The zero-order chi connectivity index (χ0) is 22.0. The Bertz CT molecular complexity index is 942. The lowest BCUT2D eigenvalue weighted by Crippen LogP contribution is -2.41. The molecule has 2 heterocycles. The molecule has 0 aromatic heterocycles. The highest BCUT2D eigenvalue weighted by Gasteiger charge is 2.26. The molecule has 0 saturated carbocycles. The van der Waals surface area contributed by atoms with Crippen molar-refractivity contribution in [2.24, 2.45) is 11.7 Å². The Morgan fingerprint density at radius 1 is 0.935 bits per heavy atom. The van der Waals surface area contributed by atoms with Gasteiger partial charge in [0.1, 0.15) is 11.9 Å². The fourth-order valence-corrected chi connectivity index (χ4v) is 4.68. The number of rotatable bonds is 5. The lowest BCUT2D eigenvalue weighted by molar-refractivity contribution is -0.123. The highest BCUT2D eigenvalue weighted by atomic mass is 16.5. The molecule has 31 heavy (non-hydrogen) atoms. The molecule has 166 valence electrons. The SMILES string of the molecule is CC(C)N1CCC(Oc2ccc3cc(C(=O)N4CCC(C(N)=O)CC4)ccc3c2)CC1. The minimum atomic E-state index is -0.263. The van der Waals surface area contributed by atoms with Crippen molar-refractivity contribution in [3.63, 3.8) is 0 Å². The van der Waals surface area contributed by atoms with Gasteiger partial charge < -0.3 is 20.3 Å². The van der Waals surface area contributed by atoms with Gasteiger partial charge in [0.2, 0.25) is 5.91 Å². The Balaban J connectivity index is 1.39. The van der Waals surface area contributed by atoms with Crippen molar-refractivity contribution < 1.29 is 14.3 Å². The lowest BCUT2D eigenvalue weighted by atomic mass is 9.95. The van der Waals surface area contributed by atoms with E-state index < -0.39 is 0 Å². The van der Waals surface area contributed by atoms with Crippen molar-refractivity contribution in [2.45, 2.75) is 51.7 Å². The second-order valence-electron chi connectivity index (χ2n) is 9.14. The summed E-state index contributed by atoms with van der Waals surface area (Å²) in [5, 5.41) is 2.10. The fourth-order valence-electron chi connectivity index (χ4n) is 4.68. The Hall–Kier alpha value is -2.60. The molecule has 0 bridgehead atoms. The zero-order valence-corrected chi connectivity index (χ0v) is 18.5. The van der Waals surface area contributed by atoms with E-state index in [2.05, 4.69) is 24.8 Å². The molecule has 0 spiro atoms. The van der Waals surface area contributed by atoms with Crippen molar-refractivity contribution in [1.29, 1.82) is 0 Å². The van der Waals surface area contributed by atoms with Crippen LogP contribution in [0.4, 0.5) is 0 Å². The lowest BCUT2D eigenvalue weighted by Gasteiger charge is -2.34. The molecule has 0 radical (unpaired) electrons. The number of piperidine rings is 2. The van der Waals surface area contributed by atoms with E-state index in [9.17, 15) is 9.59 Å². The number of fused-ring (bicyclic) bond motifs is 1. The molecule has 0 unspecified atom stereocenters. The summed E-state index contributed by atoms with van der Waals surface area (Å²) < 4.78 is 6.25. The van der Waals surface area contributed by atoms with E-state index in [1.807, 2.05) is 35.2 Å². The van der Waals surface area contributed by atoms with Crippen LogP contribution in [0.3, 0.4) is 0 Å². The van der Waals surface area contributed by atoms with Gasteiger partial charge in [0.05, 0.1) is 0 Å². The van der Waals surface area contributed by atoms with Gasteiger partial charge in [0, 0.05) is 43.7 Å². The highest BCUT2D eigenvalue weighted by molar-refractivity contribution is 5.99. The molecule has 0 atom stereocenters. The molecule has 2 aromatic carbocycles. The first-order chi connectivity index (χ1) is 14.9. The predicted molar refractivity (Wildman–Crippen MR) is 122 cm³/mol. The number of nitrogens with zero attached hydrogens (tertiary/aromatic N) is 2. The van der Waals surface area contributed by atoms with E-state index in [0.717, 1.165) is 42.5 Å². The standard InChI is InChI=1S/C25H33N3O3/c1-17(2)27-13-9-22(10-14-27)31-23-6-5-19-15-21(4-3-20(19)16-23)25(30)28-11-7-18(8-12-28)24(26)29/h3-6,15-18,22H,7-14H2,1-2H3,(H2,26,29). The number of benzene rings is 2. The number of likely N-dealkylation sites (tertiary alicyclic amines) is 2. The van der Waals surface area contributed by atoms with Crippen molar-refractivity contribution in [3.8, 4) is 5.75 Å². The summed E-state index contributed by atoms with van der Waals surface area (Å²) in [5.74, 6) is 0.531. The number of hydrogen-bond acceptors (Lipinski definition) is 4. The number of ether oxygens (including phenoxy) is 1. The van der Waals surface area contributed by atoms with Crippen molar-refractivity contribution in [3.05, 3.63) is 42.0 Å². The van der Waals surface area contributed by atoms with E-state index >= 15 is 0 Å². The molecular formula is C25H33N3O3. The van der Waals surface area contributed by atoms with Crippen molar-refractivity contribution in [1.82, 2.24) is 9.80 Å². The summed E-state index contributed by atoms with van der Waals surface area (Å²) in [6.07, 6.45) is 3.65. The molecule has 6 heteroatoms. The molecule has 2 aliphatic rings. The first-order valence-corrected chi connectivity index (χ1v) is 11.4. The molecule has 2 N–H and O–H groups in total. The zero-order valence-electron chi connectivity index (χ0n) is 18.5. The predicted octanol–water partition coefficient (Wildman–Crippen LogP) is 3.43. The normalized spacial score (nSPS) is 19.1. The van der Waals surface area contributed by atoms with Crippen LogP contribution in [0.1, 0.15) is 49.9 Å². The minimum Gasteiger partial charge on any atom is -0.490 e. The van der Waals surface area contributed by atoms with Gasteiger partial charge in [-0.15, -0.1) is 0 Å². The molecule has 2 fully saturated rings. The summed E-state index contributed by atoms with van der Waals surface area (Å²) in [5.41, 5.74) is 6.08. The van der Waals surface area contributed by atoms with Crippen LogP contribution in [0.15, 0.2) is 36.4 Å². The summed E-state index contributed by atoms with van der Waals surface area (Å²) in [6, 6.07) is 12.5. The fraction of sp³-hybridized carbons (Fsp3) is 0.520. The monoisotopic (exact) mass is 423 g/mol. The number of hydrogen-bond donors (Lipinski definition) is 1. The maximum atomic E-state index is 12.9. The van der Waals surface area contributed by atoms with Gasteiger partial charge in [-0.2, -0.15) is 0 Å². The number of nitrogens with two attached hydrogens (primary N) is 1. The first-order valence-electron chi connectivity index (χ1n) is 11.4. The molecule has 2 aliphatic heterocycles. The van der Waals surface area contributed by atoms with Gasteiger partial charge in [0.15, 0.2) is 0 Å². The van der Waals surface area contributed by atoms with Crippen molar-refractivity contribution in [2.75, 3.05) is 26.2 Å². The highest BCUT2D eigenvalue weighted by Crippen LogP contribution is 2.26. The van der Waals surface area contributed by atoms with Gasteiger partial charge in [-0.05, 0) is 74.6 Å². The van der Waals surface area contributed by atoms with Gasteiger partial charge in [-0.25, -0.2) is 0 Å². The Morgan fingerprint density at radius 3 is 2.23 bits per heavy atom. The third kappa shape index (κ3) is 5.01. The molecule has 2 aromatic rings. The van der Waals surface area contributed by atoms with Crippen LogP contribution < -0.4 is 10.5 Å². The van der Waals surface area contributed by atoms with Crippen molar-refractivity contribution >= 4 is 22.6 Å². The number of amides is 2. The van der Waals surface area contributed by atoms with E-state index in [1.54, 1.807) is 0 Å². The maximum absolute atomic E-state index is 12.9. The average Bonchev–Trinajstić information content (AvgIpc) is 2.78. The van der Waals surface area contributed by atoms with E-state index in [0.29, 0.717) is 37.5 Å². The van der Waals surface area contributed by atoms with Gasteiger partial charge in [-0.3, -0.25) is 9.59 Å². The summed E-state index contributed by atoms with van der Waals surface area (Å²) in [6.45, 7) is 7.80. The third-order valence-electron chi connectivity index (χ3n) is 6.75. The van der Waals surface area contributed by atoms with E-state index in [-0.39, 0.29) is 23.8 Å². The molecule has 0 aliphatic carbocycles. The van der Waals surface area contributed by atoms with Gasteiger partial charge in [0.25, 0.3) is 5.91 Å². The number of carbonyl (C=O) groups is 2. The number of primary amides is 1. The summed E-state index contributed by atoms with van der Waals surface area (Å²) >= 11 is 0. The smallest absolute Gasteiger partial charge is 0.253 e. The van der Waals surface area contributed by atoms with Crippen LogP contribution >= 0.6 is 0 Å². The molecule has 4 rings (SSSR count). The minimum absolute atomic E-state index is 0.0158. The van der Waals surface area contributed by atoms with Crippen LogP contribution in [0.2, 0.25) is 0 Å². The Kier molecular flexibility index (Phi) is 6.46. The third-order valence-corrected chi connectivity index (χ3v) is 6.75. The Morgan fingerprint density at radius 2 is 1.58 bits per heavy atom. The second-order valence-corrected chi connectivity index (χ2v) is 9.14. The van der Waals surface area contributed by atoms with Crippen LogP contribution in [-0.2, 0) is 4.79 Å². The summed E-state index contributed by atoms with van der Waals surface area (Å²) in [4.78, 5) is 28.6. The van der Waals surface area contributed by atoms with Crippen LogP contribution in [0.5, 0.6) is 5.75 Å². The van der Waals surface area contributed by atoms with E-state index in [1.165, 1.54) is 0 Å². The molecular weight excluding hydrogens is 390 g/mol. The van der Waals surface area contributed by atoms with Crippen LogP contribution in [0.25, 0.3) is 10.8 Å². The van der Waals surface area contributed by atoms with Crippen LogP contribution in [0, 0.1) is 5.92 Å². The quantitative estimate of drug-likeness (QED) is 0.799. The maximum Gasteiger partial charge on any atom is 0.253 e. The Labute approximate surface area is 184 Å². The molecule has 6 nitrogen and oxygen atoms in total. The van der Waals surface area contributed by atoms with Crippen LogP contribution in [-0.4, -0.2) is 59.9 Å². The topological polar surface area (TPSA) is 75.9 Å². The first kappa shape index (κ1) is 21.6. The van der Waals surface area contributed by atoms with Gasteiger partial charge >= 0.3 is 0 Å². The van der Waals surface area contributed by atoms with E-state index in [4.69, 9.17) is 10.5 Å². The largest absolute Gasteiger partial charge is 0.490 e. The number of carbonyl (C=O) groups excluding carboxylic acids is 2. The summed E-state index contributed by atoms with van der Waals surface area (Å²) in [7, 11) is 0. The second kappa shape index (κ2) is 9.27. The average molecular weight is 424 g/mol. The molecule has 2 amide bonds. The van der Waals surface area contributed by atoms with Gasteiger partial charge in [-0.1, -0.05) is 12.1 Å². The molecule has 2 saturated heterocycles.